The van der Waals surface area contributed by atoms with E-state index in [1.165, 1.54) is 32.3 Å². The van der Waals surface area contributed by atoms with Crippen LogP contribution in [0.15, 0.2) is 59.4 Å². The number of nitrogens with one attached hydrogen (secondary N) is 1. The van der Waals surface area contributed by atoms with Crippen LogP contribution in [0.1, 0.15) is 45.8 Å². The molecule has 0 radical (unpaired) electrons. The smallest absolute Gasteiger partial charge is 0.354 e. The maximum Gasteiger partial charge on any atom is 0.416 e. The average molecular weight is 509 g/mol. The van der Waals surface area contributed by atoms with Gasteiger partial charge in [-0.3, -0.25) is 14.5 Å². The summed E-state index contributed by atoms with van der Waals surface area (Å²) in [5, 5.41) is 10.4. The number of carbonyl (C=O) groups is 1. The van der Waals surface area contributed by atoms with E-state index in [9.17, 15) is 31.1 Å². The predicted molar refractivity (Wildman–Crippen MR) is 115 cm³/mol. The van der Waals surface area contributed by atoms with Gasteiger partial charge < -0.3 is 9.84 Å². The molecular weight excluding hydrogens is 492 g/mol. The number of pyridine rings is 1. The van der Waals surface area contributed by atoms with Gasteiger partial charge in [-0.2, -0.15) is 31.4 Å². The molecule has 0 aliphatic heterocycles. The number of alkyl halides is 6. The highest BCUT2D eigenvalue weighted by Crippen LogP contribution is 2.40. The Labute approximate surface area is 199 Å². The molecule has 0 unspecified atom stereocenters. The SMILES string of the molecule is Cc1nn([C@@H](C)c2ccc(C(F)(F)F)cc2C(F)(F)F)cc1NC(=O)c1cc(-c2ccccn2)on1. The third-order valence-electron chi connectivity index (χ3n) is 5.36. The minimum Gasteiger partial charge on any atom is -0.354 e. The summed E-state index contributed by atoms with van der Waals surface area (Å²) in [6, 6.07) is 6.81. The first-order valence-electron chi connectivity index (χ1n) is 10.4. The van der Waals surface area contributed by atoms with E-state index in [-0.39, 0.29) is 28.9 Å². The van der Waals surface area contributed by atoms with Gasteiger partial charge in [0.1, 0.15) is 5.69 Å². The van der Waals surface area contributed by atoms with Crippen molar-refractivity contribution in [3.8, 4) is 11.5 Å². The number of hydrogen-bond donors (Lipinski definition) is 1. The van der Waals surface area contributed by atoms with Crippen LogP contribution in [-0.4, -0.2) is 25.8 Å². The van der Waals surface area contributed by atoms with Crippen molar-refractivity contribution in [3.63, 3.8) is 0 Å². The molecule has 36 heavy (non-hydrogen) atoms. The summed E-state index contributed by atoms with van der Waals surface area (Å²) < 4.78 is 86.0. The van der Waals surface area contributed by atoms with E-state index in [4.69, 9.17) is 4.52 Å². The fourth-order valence-corrected chi connectivity index (χ4v) is 3.49. The predicted octanol–water partition coefficient (Wildman–Crippen LogP) is 6.14. The van der Waals surface area contributed by atoms with Crippen LogP contribution in [0, 0.1) is 6.92 Å². The zero-order valence-electron chi connectivity index (χ0n) is 18.6. The minimum absolute atomic E-state index is 0.0713. The lowest BCUT2D eigenvalue weighted by Gasteiger charge is -2.20. The van der Waals surface area contributed by atoms with Gasteiger partial charge >= 0.3 is 12.4 Å². The molecule has 0 spiro atoms. The van der Waals surface area contributed by atoms with Gasteiger partial charge in [-0.15, -0.1) is 0 Å². The summed E-state index contributed by atoms with van der Waals surface area (Å²) in [5.41, 5.74) is -2.41. The first kappa shape index (κ1) is 24.9. The molecule has 0 aliphatic carbocycles. The second-order valence-electron chi connectivity index (χ2n) is 7.83. The van der Waals surface area contributed by atoms with Crippen LogP contribution in [-0.2, 0) is 12.4 Å². The summed E-state index contributed by atoms with van der Waals surface area (Å²) in [6.07, 6.45) is -7.13. The highest BCUT2D eigenvalue weighted by molar-refractivity contribution is 6.03. The third kappa shape index (κ3) is 5.09. The molecule has 0 bridgehead atoms. The topological polar surface area (TPSA) is 85.8 Å². The minimum atomic E-state index is -5.03. The Morgan fingerprint density at radius 1 is 1.06 bits per heavy atom. The van der Waals surface area contributed by atoms with E-state index in [1.54, 1.807) is 18.2 Å². The van der Waals surface area contributed by atoms with E-state index >= 15 is 0 Å². The molecule has 3 heterocycles. The Hall–Kier alpha value is -4.16. The maximum atomic E-state index is 13.6. The normalized spacial score (nSPS) is 13.0. The number of hydrogen-bond acceptors (Lipinski definition) is 5. The van der Waals surface area contributed by atoms with Crippen molar-refractivity contribution in [2.24, 2.45) is 0 Å². The molecule has 1 N–H and O–H groups in total. The van der Waals surface area contributed by atoms with Gasteiger partial charge in [0.2, 0.25) is 0 Å². The van der Waals surface area contributed by atoms with Crippen LogP contribution in [0.4, 0.5) is 32.0 Å². The van der Waals surface area contributed by atoms with Gasteiger partial charge in [0.15, 0.2) is 11.5 Å². The number of halogens is 6. The zero-order valence-corrected chi connectivity index (χ0v) is 18.6. The summed E-state index contributed by atoms with van der Waals surface area (Å²) in [5.74, 6) is -0.412. The van der Waals surface area contributed by atoms with Crippen molar-refractivity contribution >= 4 is 11.6 Å². The Morgan fingerprint density at radius 3 is 2.44 bits per heavy atom. The summed E-state index contributed by atoms with van der Waals surface area (Å²) in [7, 11) is 0. The van der Waals surface area contributed by atoms with Gasteiger partial charge in [-0.05, 0) is 43.7 Å². The molecule has 7 nitrogen and oxygen atoms in total. The molecule has 1 aromatic carbocycles. The number of carbonyl (C=O) groups excluding carboxylic acids is 1. The number of rotatable bonds is 5. The molecule has 188 valence electrons. The summed E-state index contributed by atoms with van der Waals surface area (Å²) >= 11 is 0. The maximum absolute atomic E-state index is 13.6. The quantitative estimate of drug-likeness (QED) is 0.327. The number of benzene rings is 1. The molecule has 3 aromatic heterocycles. The van der Waals surface area contributed by atoms with Crippen LogP contribution in [0.5, 0.6) is 0 Å². The van der Waals surface area contributed by atoms with Gasteiger partial charge in [-0.25, -0.2) is 0 Å². The summed E-state index contributed by atoms with van der Waals surface area (Å²) in [6.45, 7) is 2.87. The van der Waals surface area contributed by atoms with Gasteiger partial charge in [-0.1, -0.05) is 17.3 Å². The number of nitrogens with zero attached hydrogens (tertiary/aromatic N) is 4. The molecule has 4 rings (SSSR count). The molecular formula is C23H17F6N5O2. The van der Waals surface area contributed by atoms with Crippen molar-refractivity contribution in [3.05, 3.63) is 82.9 Å². The standard InChI is InChI=1S/C23H17F6N5O2/c1-12-19(31-21(35)18-10-20(36-33-18)17-5-3-4-8-30-17)11-34(32-12)13(2)15-7-6-14(22(24,25)26)9-16(15)23(27,28)29/h3-11,13H,1-2H3,(H,31,35)/t13-/m0/s1. The van der Waals surface area contributed by atoms with Crippen molar-refractivity contribution in [2.75, 3.05) is 5.32 Å². The molecule has 1 atom stereocenters. The zero-order chi connectivity index (χ0) is 26.3. The molecule has 0 saturated heterocycles. The van der Waals surface area contributed by atoms with E-state index in [0.29, 0.717) is 11.8 Å². The molecule has 0 aliphatic rings. The lowest BCUT2D eigenvalue weighted by Crippen LogP contribution is -2.18. The lowest BCUT2D eigenvalue weighted by molar-refractivity contribution is -0.143. The van der Waals surface area contributed by atoms with Crippen LogP contribution in [0.25, 0.3) is 11.5 Å². The average Bonchev–Trinajstić information content (AvgIpc) is 3.45. The monoisotopic (exact) mass is 509 g/mol. The summed E-state index contributed by atoms with van der Waals surface area (Å²) in [4.78, 5) is 16.7. The van der Waals surface area contributed by atoms with Crippen LogP contribution >= 0.6 is 0 Å². The van der Waals surface area contributed by atoms with Gasteiger partial charge in [0.25, 0.3) is 5.91 Å². The van der Waals surface area contributed by atoms with Gasteiger partial charge in [0, 0.05) is 18.5 Å². The molecule has 4 aromatic rings. The second kappa shape index (κ2) is 9.13. The fraction of sp³-hybridized carbons (Fsp3) is 0.217. The third-order valence-corrected chi connectivity index (χ3v) is 5.36. The number of amides is 1. The van der Waals surface area contributed by atoms with Crippen LogP contribution in [0.2, 0.25) is 0 Å². The number of aryl methyl sites for hydroxylation is 1. The van der Waals surface area contributed by atoms with Crippen molar-refractivity contribution in [1.82, 2.24) is 19.9 Å². The molecule has 13 heteroatoms. The van der Waals surface area contributed by atoms with Crippen molar-refractivity contribution in [2.45, 2.75) is 32.2 Å². The van der Waals surface area contributed by atoms with E-state index in [0.717, 1.165) is 10.7 Å². The lowest BCUT2D eigenvalue weighted by atomic mass is 9.98. The van der Waals surface area contributed by atoms with Gasteiger partial charge in [0.05, 0.1) is 28.6 Å². The second-order valence-corrected chi connectivity index (χ2v) is 7.83. The Bertz CT molecular complexity index is 1390. The molecule has 0 saturated carbocycles. The molecule has 0 fully saturated rings. The van der Waals surface area contributed by atoms with E-state index in [2.05, 4.69) is 20.6 Å². The highest BCUT2D eigenvalue weighted by Gasteiger charge is 2.39. The Balaban J connectivity index is 1.59. The first-order valence-corrected chi connectivity index (χ1v) is 10.4. The van der Waals surface area contributed by atoms with Crippen molar-refractivity contribution < 1.29 is 35.7 Å². The Morgan fingerprint density at radius 2 is 1.81 bits per heavy atom. The number of aromatic nitrogens is 4. The van der Waals surface area contributed by atoms with E-state index in [1.807, 2.05) is 0 Å². The highest BCUT2D eigenvalue weighted by atomic mass is 19.4. The Kier molecular flexibility index (Phi) is 6.33. The van der Waals surface area contributed by atoms with Crippen molar-refractivity contribution in [1.29, 1.82) is 0 Å². The fourth-order valence-electron chi connectivity index (χ4n) is 3.49. The van der Waals surface area contributed by atoms with E-state index < -0.39 is 41.0 Å². The largest absolute Gasteiger partial charge is 0.416 e. The first-order chi connectivity index (χ1) is 16.8. The van der Waals surface area contributed by atoms with Crippen LogP contribution in [0.3, 0.4) is 0 Å². The number of anilines is 1. The molecule has 1 amide bonds. The van der Waals surface area contributed by atoms with Crippen LogP contribution < -0.4 is 5.32 Å².